The van der Waals surface area contributed by atoms with Gasteiger partial charge in [-0.25, -0.2) is 4.98 Å². The second kappa shape index (κ2) is 6.07. The lowest BCUT2D eigenvalue weighted by Crippen LogP contribution is -1.96. The molecule has 108 valence electrons. The summed E-state index contributed by atoms with van der Waals surface area (Å²) in [7, 11) is 0. The molecule has 6 nitrogen and oxygen atoms in total. The molecule has 0 atom stereocenters. The number of hydrogen-bond acceptors (Lipinski definition) is 5. The van der Waals surface area contributed by atoms with E-state index in [1.807, 2.05) is 0 Å². The number of rotatable bonds is 4. The molecule has 0 aliphatic carbocycles. The van der Waals surface area contributed by atoms with E-state index in [2.05, 4.69) is 4.98 Å². The Labute approximate surface area is 129 Å². The highest BCUT2D eigenvalue weighted by Gasteiger charge is 2.17. The number of nitro benzene ring substituents is 1. The first-order chi connectivity index (χ1) is 9.88. The predicted molar refractivity (Wildman–Crippen MR) is 77.4 cm³/mol. The van der Waals surface area contributed by atoms with Crippen molar-refractivity contribution in [3.05, 3.63) is 56.2 Å². The predicted octanol–water partition coefficient (Wildman–Crippen LogP) is 4.29. The zero-order valence-corrected chi connectivity index (χ0v) is 12.2. The zero-order chi connectivity index (χ0) is 15.6. The molecule has 0 saturated carbocycles. The van der Waals surface area contributed by atoms with Crippen molar-refractivity contribution in [2.24, 2.45) is 0 Å². The first-order valence-electron chi connectivity index (χ1n) is 5.66. The normalized spacial score (nSPS) is 10.2. The van der Waals surface area contributed by atoms with Crippen LogP contribution >= 0.6 is 23.2 Å². The standard InChI is InChI=1S/C13H8Cl2N2O4/c1-7(18)8-2-3-16-12(4-8)21-13-10(14)5-9(17(19)20)6-11(13)15/h2-6H,1H3. The SMILES string of the molecule is CC(=O)c1ccnc(Oc2c(Cl)cc([N+](=O)[O-])cc2Cl)c1. The Morgan fingerprint density at radius 2 is 1.90 bits per heavy atom. The number of nitro groups is 1. The summed E-state index contributed by atoms with van der Waals surface area (Å²) in [6.07, 6.45) is 1.40. The maximum Gasteiger partial charge on any atom is 0.272 e. The Kier molecular flexibility index (Phi) is 4.40. The van der Waals surface area contributed by atoms with Crippen molar-refractivity contribution in [2.45, 2.75) is 6.92 Å². The van der Waals surface area contributed by atoms with E-state index in [1.54, 1.807) is 0 Å². The van der Waals surface area contributed by atoms with E-state index in [1.165, 1.54) is 25.3 Å². The Bertz CT molecular complexity index is 711. The molecule has 0 N–H and O–H groups in total. The lowest BCUT2D eigenvalue weighted by Gasteiger charge is -2.09. The number of ether oxygens (including phenoxy) is 1. The van der Waals surface area contributed by atoms with Gasteiger partial charge in [-0.2, -0.15) is 0 Å². The third-order valence-corrected chi connectivity index (χ3v) is 3.10. The number of nitrogens with zero attached hydrogens (tertiary/aromatic N) is 2. The van der Waals surface area contributed by atoms with E-state index in [0.717, 1.165) is 12.1 Å². The number of hydrogen-bond donors (Lipinski definition) is 0. The van der Waals surface area contributed by atoms with Gasteiger partial charge in [-0.05, 0) is 13.0 Å². The van der Waals surface area contributed by atoms with Crippen LogP contribution in [0.2, 0.25) is 10.0 Å². The number of benzene rings is 1. The molecule has 0 spiro atoms. The van der Waals surface area contributed by atoms with Crippen molar-refractivity contribution >= 4 is 34.7 Å². The maximum atomic E-state index is 11.3. The minimum absolute atomic E-state index is 0.0239. The minimum atomic E-state index is -0.615. The largest absolute Gasteiger partial charge is 0.436 e. The van der Waals surface area contributed by atoms with Gasteiger partial charge >= 0.3 is 0 Å². The van der Waals surface area contributed by atoms with E-state index in [4.69, 9.17) is 27.9 Å². The van der Waals surface area contributed by atoms with Crippen molar-refractivity contribution in [2.75, 3.05) is 0 Å². The summed E-state index contributed by atoms with van der Waals surface area (Å²) in [6.45, 7) is 1.41. The third kappa shape index (κ3) is 3.48. The summed E-state index contributed by atoms with van der Waals surface area (Å²) < 4.78 is 5.42. The molecular weight excluding hydrogens is 319 g/mol. The Balaban J connectivity index is 2.38. The van der Waals surface area contributed by atoms with E-state index in [9.17, 15) is 14.9 Å². The number of carbonyl (C=O) groups is 1. The molecule has 0 aliphatic heterocycles. The van der Waals surface area contributed by atoms with Gasteiger partial charge in [0.05, 0.1) is 15.0 Å². The van der Waals surface area contributed by atoms with Gasteiger partial charge in [0.1, 0.15) is 0 Å². The average molecular weight is 327 g/mol. The molecular formula is C13H8Cl2N2O4. The number of halogens is 2. The van der Waals surface area contributed by atoms with Crippen LogP contribution in [0.4, 0.5) is 5.69 Å². The molecule has 0 saturated heterocycles. The van der Waals surface area contributed by atoms with Gasteiger partial charge < -0.3 is 4.74 Å². The van der Waals surface area contributed by atoms with Crippen molar-refractivity contribution in [3.63, 3.8) is 0 Å². The van der Waals surface area contributed by atoms with Crippen LogP contribution in [0.3, 0.4) is 0 Å². The second-order valence-electron chi connectivity index (χ2n) is 4.04. The Hall–Kier alpha value is -2.18. The first-order valence-corrected chi connectivity index (χ1v) is 6.42. The summed E-state index contributed by atoms with van der Waals surface area (Å²) in [5, 5.41) is 10.6. The lowest BCUT2D eigenvalue weighted by molar-refractivity contribution is -0.384. The highest BCUT2D eigenvalue weighted by Crippen LogP contribution is 2.39. The van der Waals surface area contributed by atoms with Gasteiger partial charge in [0, 0.05) is 30.0 Å². The van der Waals surface area contributed by atoms with Crippen LogP contribution in [-0.4, -0.2) is 15.7 Å². The second-order valence-corrected chi connectivity index (χ2v) is 4.85. The smallest absolute Gasteiger partial charge is 0.272 e. The topological polar surface area (TPSA) is 82.3 Å². The van der Waals surface area contributed by atoms with Gasteiger partial charge in [-0.3, -0.25) is 14.9 Å². The minimum Gasteiger partial charge on any atom is -0.436 e. The summed E-state index contributed by atoms with van der Waals surface area (Å²) in [5.41, 5.74) is 0.164. The number of aromatic nitrogens is 1. The molecule has 2 aromatic rings. The van der Waals surface area contributed by atoms with Gasteiger partial charge in [0.2, 0.25) is 5.88 Å². The molecule has 2 rings (SSSR count). The number of Topliss-reactive ketones (excluding diaryl/α,β-unsaturated/α-hetero) is 1. The fourth-order valence-corrected chi connectivity index (χ4v) is 2.09. The number of carbonyl (C=O) groups excluding carboxylic acids is 1. The summed E-state index contributed by atoms with van der Waals surface area (Å²) in [4.78, 5) is 25.3. The van der Waals surface area contributed by atoms with E-state index in [-0.39, 0.29) is 33.1 Å². The lowest BCUT2D eigenvalue weighted by atomic mass is 10.2. The zero-order valence-electron chi connectivity index (χ0n) is 10.7. The third-order valence-electron chi connectivity index (χ3n) is 2.54. The molecule has 8 heteroatoms. The Morgan fingerprint density at radius 3 is 2.43 bits per heavy atom. The van der Waals surface area contributed by atoms with Gasteiger partial charge in [0.15, 0.2) is 11.5 Å². The summed E-state index contributed by atoms with van der Waals surface area (Å²) in [5.74, 6) is 0.000585. The van der Waals surface area contributed by atoms with Gasteiger partial charge in [0.25, 0.3) is 5.69 Å². The van der Waals surface area contributed by atoms with Crippen LogP contribution in [0.5, 0.6) is 11.6 Å². The number of non-ortho nitro benzene ring substituents is 1. The highest BCUT2D eigenvalue weighted by atomic mass is 35.5. The molecule has 0 bridgehead atoms. The van der Waals surface area contributed by atoms with E-state index >= 15 is 0 Å². The fourth-order valence-electron chi connectivity index (χ4n) is 1.54. The molecule has 21 heavy (non-hydrogen) atoms. The molecule has 0 unspecified atom stereocenters. The van der Waals surface area contributed by atoms with Crippen molar-refractivity contribution in [1.29, 1.82) is 0 Å². The van der Waals surface area contributed by atoms with Crippen molar-refractivity contribution in [1.82, 2.24) is 4.98 Å². The van der Waals surface area contributed by atoms with Crippen LogP contribution in [0.1, 0.15) is 17.3 Å². The van der Waals surface area contributed by atoms with Crippen LogP contribution in [-0.2, 0) is 0 Å². The van der Waals surface area contributed by atoms with Crippen molar-refractivity contribution in [3.8, 4) is 11.6 Å². The molecule has 0 aliphatic rings. The van der Waals surface area contributed by atoms with E-state index in [0.29, 0.717) is 5.56 Å². The highest BCUT2D eigenvalue weighted by molar-refractivity contribution is 6.37. The number of ketones is 1. The summed E-state index contributed by atoms with van der Waals surface area (Å²) in [6, 6.07) is 5.21. The van der Waals surface area contributed by atoms with E-state index < -0.39 is 4.92 Å². The number of pyridine rings is 1. The molecule has 0 radical (unpaired) electrons. The van der Waals surface area contributed by atoms with Gasteiger partial charge in [-0.15, -0.1) is 0 Å². The van der Waals surface area contributed by atoms with Crippen LogP contribution in [0.15, 0.2) is 30.5 Å². The van der Waals surface area contributed by atoms with Gasteiger partial charge in [-0.1, -0.05) is 23.2 Å². The molecule has 1 heterocycles. The maximum absolute atomic E-state index is 11.3. The quantitative estimate of drug-likeness (QED) is 0.475. The monoisotopic (exact) mass is 326 g/mol. The Morgan fingerprint density at radius 1 is 1.29 bits per heavy atom. The first kappa shape index (κ1) is 15.2. The summed E-state index contributed by atoms with van der Waals surface area (Å²) >= 11 is 11.8. The molecule has 1 aromatic carbocycles. The average Bonchev–Trinajstić information content (AvgIpc) is 2.42. The molecule has 0 fully saturated rings. The van der Waals surface area contributed by atoms with Crippen LogP contribution < -0.4 is 4.74 Å². The van der Waals surface area contributed by atoms with Crippen LogP contribution in [0.25, 0.3) is 0 Å². The molecule has 0 amide bonds. The van der Waals surface area contributed by atoms with Crippen molar-refractivity contribution < 1.29 is 14.5 Å². The molecule has 1 aromatic heterocycles. The fraction of sp³-hybridized carbons (Fsp3) is 0.0769. The van der Waals surface area contributed by atoms with Crippen LogP contribution in [0, 0.1) is 10.1 Å².